The van der Waals surface area contributed by atoms with Crippen LogP contribution in [0.15, 0.2) is 36.4 Å². The van der Waals surface area contributed by atoms with Crippen molar-refractivity contribution in [1.29, 1.82) is 0 Å². The highest BCUT2D eigenvalue weighted by atomic mass is 35.5. The van der Waals surface area contributed by atoms with Crippen LogP contribution in [0.2, 0.25) is 0 Å². The summed E-state index contributed by atoms with van der Waals surface area (Å²) in [7, 11) is 0. The number of fused-ring (bicyclic) bond motifs is 5. The van der Waals surface area contributed by atoms with Crippen LogP contribution in [0.4, 0.5) is 0 Å². The molecule has 2 aliphatic rings. The van der Waals surface area contributed by atoms with Crippen molar-refractivity contribution in [1.82, 2.24) is 4.42 Å². The van der Waals surface area contributed by atoms with Gasteiger partial charge in [0.05, 0.1) is 11.1 Å². The van der Waals surface area contributed by atoms with Crippen molar-refractivity contribution in [2.24, 2.45) is 0 Å². The number of rotatable bonds is 0. The Kier molecular flexibility index (Phi) is 1.36. The van der Waals surface area contributed by atoms with Gasteiger partial charge in [-0.3, -0.25) is 0 Å². The van der Waals surface area contributed by atoms with E-state index in [9.17, 15) is 0 Å². The zero-order chi connectivity index (χ0) is 9.97. The second-order valence-electron chi connectivity index (χ2n) is 4.45. The molecule has 0 N–H and O–H groups in total. The molecule has 1 aromatic carbocycles. The van der Waals surface area contributed by atoms with Crippen molar-refractivity contribution in [3.63, 3.8) is 0 Å². The summed E-state index contributed by atoms with van der Waals surface area (Å²) < 4.78 is 1.92. The number of nitrogens with zero attached hydrogens (tertiary/aromatic N) is 1. The van der Waals surface area contributed by atoms with E-state index in [2.05, 4.69) is 50.3 Å². The van der Waals surface area contributed by atoms with Crippen LogP contribution >= 0.6 is 11.8 Å². The van der Waals surface area contributed by atoms with Crippen LogP contribution in [0.25, 0.3) is 0 Å². The van der Waals surface area contributed by atoms with Gasteiger partial charge in [0.25, 0.3) is 0 Å². The first-order chi connectivity index (χ1) is 6.59. The van der Waals surface area contributed by atoms with Crippen LogP contribution in [0.1, 0.15) is 25.0 Å². The van der Waals surface area contributed by atoms with Gasteiger partial charge in [0, 0.05) is 0 Å². The van der Waals surface area contributed by atoms with E-state index < -0.39 is 0 Å². The van der Waals surface area contributed by atoms with E-state index in [1.165, 1.54) is 11.1 Å². The summed E-state index contributed by atoms with van der Waals surface area (Å²) in [4.78, 5) is 0. The summed E-state index contributed by atoms with van der Waals surface area (Å²) in [6.45, 7) is 4.32. The monoisotopic (exact) mass is 205 g/mol. The van der Waals surface area contributed by atoms with E-state index in [0.717, 1.165) is 0 Å². The molecule has 1 nitrogen and oxygen atoms in total. The van der Waals surface area contributed by atoms with E-state index in [4.69, 9.17) is 11.8 Å². The van der Waals surface area contributed by atoms with E-state index >= 15 is 0 Å². The normalized spacial score (nSPS) is 39.1. The largest absolute Gasteiger partial charge is 0.192 e. The third kappa shape index (κ3) is 0.688. The molecule has 0 aliphatic carbocycles. The van der Waals surface area contributed by atoms with E-state index in [-0.39, 0.29) is 11.1 Å². The highest BCUT2D eigenvalue weighted by Gasteiger charge is 2.55. The molecule has 2 unspecified atom stereocenters. The van der Waals surface area contributed by atoms with Crippen molar-refractivity contribution in [2.75, 3.05) is 0 Å². The molecule has 0 aromatic heterocycles. The van der Waals surface area contributed by atoms with Crippen molar-refractivity contribution in [3.8, 4) is 0 Å². The molecule has 0 saturated carbocycles. The Balaban J connectivity index is 2.37. The van der Waals surface area contributed by atoms with Crippen LogP contribution in [0, 0.1) is 0 Å². The molecule has 0 saturated heterocycles. The Bertz CT molecular complexity index is 401. The van der Waals surface area contributed by atoms with Crippen molar-refractivity contribution >= 4 is 11.8 Å². The van der Waals surface area contributed by atoms with Crippen molar-refractivity contribution in [3.05, 3.63) is 47.5 Å². The second kappa shape index (κ2) is 2.23. The molecule has 0 fully saturated rings. The van der Waals surface area contributed by atoms with E-state index in [0.29, 0.717) is 0 Å². The molecular formula is C12H12ClN. The summed E-state index contributed by atoms with van der Waals surface area (Å²) in [5.74, 6) is 0. The molecule has 72 valence electrons. The topological polar surface area (TPSA) is 3.24 Å². The van der Waals surface area contributed by atoms with Gasteiger partial charge in [0.15, 0.2) is 0 Å². The molecule has 1 aromatic rings. The first-order valence-electron chi connectivity index (χ1n) is 4.85. The molecule has 0 radical (unpaired) electrons. The summed E-state index contributed by atoms with van der Waals surface area (Å²) in [6.07, 6.45) is 4.39. The molecular weight excluding hydrogens is 194 g/mol. The maximum atomic E-state index is 6.39. The molecule has 2 atom stereocenters. The predicted octanol–water partition coefficient (Wildman–Crippen LogP) is 3.16. The number of halogens is 1. The van der Waals surface area contributed by atoms with Crippen LogP contribution in [0.5, 0.6) is 0 Å². The van der Waals surface area contributed by atoms with Gasteiger partial charge < -0.3 is 0 Å². The standard InChI is InChI=1S/C12H12ClN/c1-11-7-8-12(2,14(11)13)10-6-4-3-5-9(10)11/h3-8H,1-2H3. The van der Waals surface area contributed by atoms with Crippen LogP contribution in [-0.4, -0.2) is 4.42 Å². The maximum absolute atomic E-state index is 6.39. The maximum Gasteiger partial charge on any atom is 0.0780 e. The fourth-order valence-corrected chi connectivity index (χ4v) is 2.99. The van der Waals surface area contributed by atoms with Gasteiger partial charge >= 0.3 is 0 Å². The summed E-state index contributed by atoms with van der Waals surface area (Å²) in [5, 5.41) is 0. The first-order valence-corrected chi connectivity index (χ1v) is 5.19. The molecule has 3 rings (SSSR count). The minimum absolute atomic E-state index is 0.118. The molecule has 2 bridgehead atoms. The van der Waals surface area contributed by atoms with Gasteiger partial charge in [-0.25, -0.2) is 0 Å². The molecule has 14 heavy (non-hydrogen) atoms. The second-order valence-corrected chi connectivity index (χ2v) is 4.79. The van der Waals surface area contributed by atoms with E-state index in [1.54, 1.807) is 0 Å². The fraction of sp³-hybridized carbons (Fsp3) is 0.333. The van der Waals surface area contributed by atoms with E-state index in [1.807, 2.05) is 4.42 Å². The molecule has 0 spiro atoms. The van der Waals surface area contributed by atoms with Crippen molar-refractivity contribution in [2.45, 2.75) is 24.9 Å². The highest BCUT2D eigenvalue weighted by molar-refractivity contribution is 6.15. The van der Waals surface area contributed by atoms with Gasteiger partial charge in [-0.05, 0) is 36.8 Å². The van der Waals surface area contributed by atoms with Crippen molar-refractivity contribution < 1.29 is 0 Å². The first kappa shape index (κ1) is 8.51. The zero-order valence-electron chi connectivity index (χ0n) is 8.29. The molecule has 2 heterocycles. The SMILES string of the molecule is CC12C=CC(C)(c3ccccc31)N2Cl. The van der Waals surface area contributed by atoms with Gasteiger partial charge in [0.2, 0.25) is 0 Å². The quantitative estimate of drug-likeness (QED) is 0.465. The lowest BCUT2D eigenvalue weighted by molar-refractivity contribution is 0.231. The predicted molar refractivity (Wildman–Crippen MR) is 58.0 cm³/mol. The Morgan fingerprint density at radius 2 is 1.43 bits per heavy atom. The lowest BCUT2D eigenvalue weighted by atomic mass is 9.84. The Hall–Kier alpha value is -0.790. The van der Waals surface area contributed by atoms with Gasteiger partial charge in [-0.15, -0.1) is 0 Å². The van der Waals surface area contributed by atoms with Gasteiger partial charge in [-0.1, -0.05) is 36.4 Å². The minimum Gasteiger partial charge on any atom is -0.192 e. The zero-order valence-corrected chi connectivity index (χ0v) is 9.05. The average molecular weight is 206 g/mol. The lowest BCUT2D eigenvalue weighted by Gasteiger charge is -2.28. The average Bonchev–Trinajstić information content (AvgIpc) is 2.53. The molecule has 0 amide bonds. The third-order valence-electron chi connectivity index (χ3n) is 3.57. The Morgan fingerprint density at radius 1 is 1.00 bits per heavy atom. The minimum atomic E-state index is -0.118. The van der Waals surface area contributed by atoms with Gasteiger partial charge in [-0.2, -0.15) is 4.42 Å². The summed E-state index contributed by atoms with van der Waals surface area (Å²) in [6, 6.07) is 8.48. The Labute approximate surface area is 89.1 Å². The lowest BCUT2D eigenvalue weighted by Crippen LogP contribution is -2.33. The number of benzene rings is 1. The Morgan fingerprint density at radius 3 is 1.86 bits per heavy atom. The van der Waals surface area contributed by atoms with Crippen LogP contribution in [0.3, 0.4) is 0 Å². The molecule has 2 aliphatic heterocycles. The number of hydrogen-bond donors (Lipinski definition) is 0. The van der Waals surface area contributed by atoms with Crippen LogP contribution in [-0.2, 0) is 11.1 Å². The smallest absolute Gasteiger partial charge is 0.0780 e. The summed E-state index contributed by atoms with van der Waals surface area (Å²) in [5.41, 5.74) is 2.43. The fourth-order valence-electron chi connectivity index (χ4n) is 2.69. The van der Waals surface area contributed by atoms with Crippen LogP contribution < -0.4 is 0 Å². The summed E-state index contributed by atoms with van der Waals surface area (Å²) >= 11 is 6.39. The highest BCUT2D eigenvalue weighted by Crippen LogP contribution is 2.56. The number of hydrogen-bond acceptors (Lipinski definition) is 1. The van der Waals surface area contributed by atoms with Gasteiger partial charge in [0.1, 0.15) is 0 Å². The third-order valence-corrected chi connectivity index (χ3v) is 4.27. The molecule has 2 heteroatoms.